The number of benzene rings is 1. The molecule has 2 unspecified atom stereocenters. The minimum Gasteiger partial charge on any atom is -0.497 e. The Kier molecular flexibility index (Phi) is 4.70. The van der Waals surface area contributed by atoms with E-state index >= 15 is 4.39 Å². The van der Waals surface area contributed by atoms with Crippen molar-refractivity contribution >= 4 is 5.95 Å². The highest BCUT2D eigenvalue weighted by molar-refractivity contribution is 5.41. The van der Waals surface area contributed by atoms with Crippen LogP contribution in [-0.4, -0.2) is 50.0 Å². The predicted octanol–water partition coefficient (Wildman–Crippen LogP) is 1.94. The molecule has 29 heavy (non-hydrogen) atoms. The maximum Gasteiger partial charge on any atom is 0.227 e. The third-order valence-corrected chi connectivity index (χ3v) is 5.44. The fourth-order valence-electron chi connectivity index (χ4n) is 3.77. The molecule has 1 saturated heterocycles. The van der Waals surface area contributed by atoms with Crippen molar-refractivity contribution in [2.75, 3.05) is 25.1 Å². The molecular weight excluding hydrogens is 375 g/mol. The highest BCUT2D eigenvalue weighted by Crippen LogP contribution is 2.39. The number of alkyl halides is 1. The number of aromatic nitrogens is 5. The van der Waals surface area contributed by atoms with E-state index in [2.05, 4.69) is 20.2 Å². The Labute approximate surface area is 168 Å². The summed E-state index contributed by atoms with van der Waals surface area (Å²) in [5.41, 5.74) is -2.06. The number of anilines is 1. The molecule has 4 rings (SSSR count). The van der Waals surface area contributed by atoms with Crippen LogP contribution in [0.3, 0.4) is 0 Å². The van der Waals surface area contributed by atoms with Gasteiger partial charge in [-0.3, -0.25) is 14.5 Å². The Morgan fingerprint density at radius 1 is 1.28 bits per heavy atom. The standard InChI is InChI=1S/C20H23FN6O2/c1-19(28,16-12-22-8-9-23-16)17-24-25-18(26(17)2)27-10-7-20(21,13-27)14-5-4-6-15(11-14)29-3/h4-6,8-9,11-12,28H,7,10,13H2,1-3H3. The number of methoxy groups -OCH3 is 1. The van der Waals surface area contributed by atoms with Gasteiger partial charge in [-0.05, 0) is 24.6 Å². The molecule has 152 valence electrons. The second-order valence-corrected chi connectivity index (χ2v) is 7.41. The van der Waals surface area contributed by atoms with Crippen LogP contribution in [0, 0.1) is 0 Å². The van der Waals surface area contributed by atoms with Crippen molar-refractivity contribution in [2.24, 2.45) is 7.05 Å². The first-order valence-corrected chi connectivity index (χ1v) is 9.32. The van der Waals surface area contributed by atoms with Gasteiger partial charge < -0.3 is 14.7 Å². The third kappa shape index (κ3) is 3.31. The second-order valence-electron chi connectivity index (χ2n) is 7.41. The van der Waals surface area contributed by atoms with Crippen molar-refractivity contribution in [3.63, 3.8) is 0 Å². The molecule has 1 fully saturated rings. The van der Waals surface area contributed by atoms with E-state index in [0.717, 1.165) is 0 Å². The Bertz CT molecular complexity index is 1010. The Morgan fingerprint density at radius 2 is 2.10 bits per heavy atom. The van der Waals surface area contributed by atoms with Crippen molar-refractivity contribution in [3.05, 3.63) is 59.9 Å². The number of halogens is 1. The predicted molar refractivity (Wildman–Crippen MR) is 104 cm³/mol. The van der Waals surface area contributed by atoms with E-state index in [1.807, 2.05) is 4.90 Å². The van der Waals surface area contributed by atoms with Crippen molar-refractivity contribution in [1.29, 1.82) is 0 Å². The van der Waals surface area contributed by atoms with Gasteiger partial charge >= 0.3 is 0 Å². The molecule has 9 heteroatoms. The van der Waals surface area contributed by atoms with E-state index in [4.69, 9.17) is 4.74 Å². The van der Waals surface area contributed by atoms with Gasteiger partial charge in [0.15, 0.2) is 17.1 Å². The quantitative estimate of drug-likeness (QED) is 0.703. The first-order chi connectivity index (χ1) is 13.8. The summed E-state index contributed by atoms with van der Waals surface area (Å²) < 4.78 is 22.6. The molecule has 0 aliphatic carbocycles. The summed E-state index contributed by atoms with van der Waals surface area (Å²) in [6, 6.07) is 7.08. The van der Waals surface area contributed by atoms with Crippen LogP contribution in [-0.2, 0) is 18.3 Å². The molecule has 3 aromatic rings. The van der Waals surface area contributed by atoms with Crippen LogP contribution < -0.4 is 9.64 Å². The van der Waals surface area contributed by atoms with Crippen molar-refractivity contribution in [1.82, 2.24) is 24.7 Å². The molecule has 1 aliphatic heterocycles. The number of hydrogen-bond acceptors (Lipinski definition) is 7. The van der Waals surface area contributed by atoms with E-state index in [-0.39, 0.29) is 6.54 Å². The van der Waals surface area contributed by atoms with Crippen molar-refractivity contribution in [3.8, 4) is 5.75 Å². The summed E-state index contributed by atoms with van der Waals surface area (Å²) in [7, 11) is 3.31. The number of ether oxygens (including phenoxy) is 1. The zero-order valence-electron chi connectivity index (χ0n) is 16.6. The van der Waals surface area contributed by atoms with Crippen LogP contribution in [0.2, 0.25) is 0 Å². The average Bonchev–Trinajstić information content (AvgIpc) is 3.32. The van der Waals surface area contributed by atoms with Crippen LogP contribution in [0.4, 0.5) is 10.3 Å². The largest absolute Gasteiger partial charge is 0.497 e. The monoisotopic (exact) mass is 398 g/mol. The number of aliphatic hydroxyl groups is 1. The van der Waals surface area contributed by atoms with Crippen molar-refractivity contribution < 1.29 is 14.2 Å². The van der Waals surface area contributed by atoms with Gasteiger partial charge in [0.1, 0.15) is 5.75 Å². The molecule has 0 saturated carbocycles. The summed E-state index contributed by atoms with van der Waals surface area (Å²) in [4.78, 5) is 10.0. The Morgan fingerprint density at radius 3 is 2.83 bits per heavy atom. The van der Waals surface area contributed by atoms with Gasteiger partial charge in [-0.25, -0.2) is 4.39 Å². The maximum atomic E-state index is 15.7. The average molecular weight is 398 g/mol. The summed E-state index contributed by atoms with van der Waals surface area (Å²) in [6.07, 6.45) is 4.85. The maximum absolute atomic E-state index is 15.7. The van der Waals surface area contributed by atoms with Gasteiger partial charge in [0.25, 0.3) is 0 Å². The van der Waals surface area contributed by atoms with Crippen LogP contribution >= 0.6 is 0 Å². The SMILES string of the molecule is COc1cccc(C2(F)CCN(c3nnc(C(C)(O)c4cnccn4)n3C)C2)c1. The first kappa shape index (κ1) is 19.3. The molecule has 1 aliphatic rings. The molecule has 0 bridgehead atoms. The third-order valence-electron chi connectivity index (χ3n) is 5.44. The normalized spacial score (nSPS) is 21.2. The fourth-order valence-corrected chi connectivity index (χ4v) is 3.77. The van der Waals surface area contributed by atoms with E-state index in [1.165, 1.54) is 18.6 Å². The Balaban J connectivity index is 1.61. The molecule has 0 amide bonds. The van der Waals surface area contributed by atoms with E-state index in [9.17, 15) is 5.11 Å². The van der Waals surface area contributed by atoms with Gasteiger partial charge in [0.05, 0.1) is 25.5 Å². The molecule has 0 radical (unpaired) electrons. The smallest absolute Gasteiger partial charge is 0.227 e. The highest BCUT2D eigenvalue weighted by Gasteiger charge is 2.43. The lowest BCUT2D eigenvalue weighted by molar-refractivity contribution is 0.0837. The lowest BCUT2D eigenvalue weighted by Crippen LogP contribution is -2.31. The van der Waals surface area contributed by atoms with Gasteiger partial charge in [0, 0.05) is 32.4 Å². The molecule has 8 nitrogen and oxygen atoms in total. The summed E-state index contributed by atoms with van der Waals surface area (Å²) in [5.74, 6) is 1.43. The fraction of sp³-hybridized carbons (Fsp3) is 0.400. The van der Waals surface area contributed by atoms with Gasteiger partial charge in [-0.1, -0.05) is 12.1 Å². The number of nitrogens with zero attached hydrogens (tertiary/aromatic N) is 6. The molecule has 2 atom stereocenters. The zero-order valence-corrected chi connectivity index (χ0v) is 16.6. The molecule has 1 N–H and O–H groups in total. The lowest BCUT2D eigenvalue weighted by Gasteiger charge is -2.24. The summed E-state index contributed by atoms with van der Waals surface area (Å²) >= 11 is 0. The Hall–Kier alpha value is -3.07. The topological polar surface area (TPSA) is 89.2 Å². The van der Waals surface area contributed by atoms with E-state index in [1.54, 1.807) is 49.9 Å². The van der Waals surface area contributed by atoms with E-state index < -0.39 is 11.3 Å². The highest BCUT2D eigenvalue weighted by atomic mass is 19.1. The van der Waals surface area contributed by atoms with Crippen LogP contribution in [0.5, 0.6) is 5.75 Å². The molecule has 2 aromatic heterocycles. The number of hydrogen-bond donors (Lipinski definition) is 1. The van der Waals surface area contributed by atoms with Gasteiger partial charge in [-0.15, -0.1) is 10.2 Å². The lowest BCUT2D eigenvalue weighted by atomic mass is 9.95. The minimum absolute atomic E-state index is 0.138. The molecule has 3 heterocycles. The van der Waals surface area contributed by atoms with Crippen molar-refractivity contribution in [2.45, 2.75) is 24.6 Å². The van der Waals surface area contributed by atoms with Gasteiger partial charge in [-0.2, -0.15) is 0 Å². The minimum atomic E-state index is -1.52. The summed E-state index contributed by atoms with van der Waals surface area (Å²) in [6.45, 7) is 2.21. The first-order valence-electron chi connectivity index (χ1n) is 9.32. The van der Waals surface area contributed by atoms with Crippen LogP contribution in [0.25, 0.3) is 0 Å². The van der Waals surface area contributed by atoms with Crippen LogP contribution in [0.15, 0.2) is 42.9 Å². The zero-order chi connectivity index (χ0) is 20.6. The summed E-state index contributed by atoms with van der Waals surface area (Å²) in [5, 5.41) is 19.4. The molecule has 1 aromatic carbocycles. The van der Waals surface area contributed by atoms with Crippen LogP contribution in [0.1, 0.15) is 30.4 Å². The van der Waals surface area contributed by atoms with Gasteiger partial charge in [0.2, 0.25) is 5.95 Å². The molecule has 0 spiro atoms. The van der Waals surface area contributed by atoms with E-state index in [0.29, 0.717) is 41.7 Å². The molecular formula is C20H23FN6O2. The second kappa shape index (κ2) is 7.07. The number of rotatable bonds is 5.